The lowest BCUT2D eigenvalue weighted by atomic mass is 10.0. The molecule has 0 heterocycles. The Bertz CT molecular complexity index is 540. The number of rotatable bonds is 3. The lowest BCUT2D eigenvalue weighted by molar-refractivity contribution is -0.384. The molecular weight excluding hydrogens is 282 g/mol. The molecule has 2 aromatic rings. The summed E-state index contributed by atoms with van der Waals surface area (Å²) in [6.45, 7) is 0. The van der Waals surface area contributed by atoms with Crippen LogP contribution in [0.2, 0.25) is 0 Å². The first kappa shape index (κ1) is 11.8. The third kappa shape index (κ3) is 2.53. The number of hydrogen-bond acceptors (Lipinski definition) is 2. The van der Waals surface area contributed by atoms with Gasteiger partial charge in [0, 0.05) is 17.5 Å². The normalized spacial score (nSPS) is 10.2. The molecular formula is C13H10BrNO2. The van der Waals surface area contributed by atoms with Crippen molar-refractivity contribution >= 4 is 21.6 Å². The summed E-state index contributed by atoms with van der Waals surface area (Å²) in [4.78, 5) is 10.3. The van der Waals surface area contributed by atoms with Crippen molar-refractivity contribution in [3.63, 3.8) is 0 Å². The monoisotopic (exact) mass is 291 g/mol. The smallest absolute Gasteiger partial charge is 0.258 e. The molecule has 4 heteroatoms. The minimum absolute atomic E-state index is 0.124. The highest BCUT2D eigenvalue weighted by Gasteiger charge is 2.10. The minimum Gasteiger partial charge on any atom is -0.258 e. The van der Waals surface area contributed by atoms with Crippen LogP contribution in [-0.4, -0.2) is 4.92 Å². The van der Waals surface area contributed by atoms with Crippen molar-refractivity contribution in [1.29, 1.82) is 0 Å². The Morgan fingerprint density at radius 2 is 1.82 bits per heavy atom. The number of hydrogen-bond donors (Lipinski definition) is 0. The molecule has 0 aliphatic rings. The Morgan fingerprint density at radius 1 is 1.12 bits per heavy atom. The van der Waals surface area contributed by atoms with Crippen LogP contribution in [0.1, 0.15) is 5.56 Å². The number of non-ortho nitro benzene ring substituents is 1. The zero-order chi connectivity index (χ0) is 12.3. The van der Waals surface area contributed by atoms with Gasteiger partial charge in [0.25, 0.3) is 5.69 Å². The summed E-state index contributed by atoms with van der Waals surface area (Å²) in [6.07, 6.45) is 0. The van der Waals surface area contributed by atoms with Crippen LogP contribution in [0.25, 0.3) is 11.1 Å². The van der Waals surface area contributed by atoms with Crippen molar-refractivity contribution in [2.24, 2.45) is 0 Å². The largest absolute Gasteiger partial charge is 0.269 e. The maximum atomic E-state index is 10.7. The molecule has 0 amide bonds. The zero-order valence-electron chi connectivity index (χ0n) is 8.97. The van der Waals surface area contributed by atoms with Gasteiger partial charge in [0.15, 0.2) is 0 Å². The van der Waals surface area contributed by atoms with E-state index in [0.29, 0.717) is 5.33 Å². The number of nitrogens with zero attached hydrogens (tertiary/aromatic N) is 1. The van der Waals surface area contributed by atoms with Crippen LogP contribution in [0.15, 0.2) is 48.5 Å². The lowest BCUT2D eigenvalue weighted by Crippen LogP contribution is -1.92. The molecule has 0 unspecified atom stereocenters. The predicted octanol–water partition coefficient (Wildman–Crippen LogP) is 4.16. The van der Waals surface area contributed by atoms with E-state index in [1.807, 2.05) is 30.3 Å². The van der Waals surface area contributed by atoms with Gasteiger partial charge in [-0.25, -0.2) is 0 Å². The molecule has 2 aromatic carbocycles. The maximum Gasteiger partial charge on any atom is 0.269 e. The van der Waals surface area contributed by atoms with Gasteiger partial charge in [-0.15, -0.1) is 0 Å². The van der Waals surface area contributed by atoms with Crippen molar-refractivity contribution in [3.05, 3.63) is 64.2 Å². The van der Waals surface area contributed by atoms with Crippen LogP contribution in [-0.2, 0) is 5.33 Å². The van der Waals surface area contributed by atoms with Crippen LogP contribution in [0, 0.1) is 10.1 Å². The molecule has 0 saturated heterocycles. The van der Waals surface area contributed by atoms with Crippen LogP contribution >= 0.6 is 15.9 Å². The SMILES string of the molecule is O=[N+]([O-])c1ccc(-c2ccccc2)c(CBr)c1. The van der Waals surface area contributed by atoms with Crippen LogP contribution in [0.5, 0.6) is 0 Å². The van der Waals surface area contributed by atoms with E-state index in [1.54, 1.807) is 12.1 Å². The molecule has 0 saturated carbocycles. The van der Waals surface area contributed by atoms with Gasteiger partial charge < -0.3 is 0 Å². The van der Waals surface area contributed by atoms with E-state index in [0.717, 1.165) is 16.7 Å². The van der Waals surface area contributed by atoms with Gasteiger partial charge >= 0.3 is 0 Å². The number of benzene rings is 2. The fraction of sp³-hybridized carbons (Fsp3) is 0.0769. The summed E-state index contributed by atoms with van der Waals surface area (Å²) in [5, 5.41) is 11.3. The highest BCUT2D eigenvalue weighted by Crippen LogP contribution is 2.28. The van der Waals surface area contributed by atoms with Crippen LogP contribution < -0.4 is 0 Å². The van der Waals surface area contributed by atoms with Crippen molar-refractivity contribution < 1.29 is 4.92 Å². The van der Waals surface area contributed by atoms with Gasteiger partial charge in [0.05, 0.1) is 4.92 Å². The molecule has 3 nitrogen and oxygen atoms in total. The fourth-order valence-corrected chi connectivity index (χ4v) is 2.17. The van der Waals surface area contributed by atoms with E-state index in [4.69, 9.17) is 0 Å². The second-order valence-electron chi connectivity index (χ2n) is 3.60. The molecule has 17 heavy (non-hydrogen) atoms. The average molecular weight is 292 g/mol. The molecule has 0 bridgehead atoms. The summed E-state index contributed by atoms with van der Waals surface area (Å²) in [5.74, 6) is 0. The highest BCUT2D eigenvalue weighted by molar-refractivity contribution is 9.08. The van der Waals surface area contributed by atoms with E-state index in [1.165, 1.54) is 6.07 Å². The van der Waals surface area contributed by atoms with Crippen LogP contribution in [0.3, 0.4) is 0 Å². The highest BCUT2D eigenvalue weighted by atomic mass is 79.9. The predicted molar refractivity (Wildman–Crippen MR) is 71.2 cm³/mol. The Balaban J connectivity index is 2.52. The molecule has 0 aliphatic carbocycles. The molecule has 2 rings (SSSR count). The van der Waals surface area contributed by atoms with Gasteiger partial charge in [0.2, 0.25) is 0 Å². The van der Waals surface area contributed by atoms with Gasteiger partial charge in [-0.2, -0.15) is 0 Å². The molecule has 0 aliphatic heterocycles. The number of nitro benzene ring substituents is 1. The molecule has 86 valence electrons. The number of alkyl halides is 1. The first-order valence-corrected chi connectivity index (χ1v) is 6.23. The topological polar surface area (TPSA) is 43.1 Å². The van der Waals surface area contributed by atoms with Gasteiger partial charge in [0.1, 0.15) is 0 Å². The fourth-order valence-electron chi connectivity index (χ4n) is 1.70. The summed E-state index contributed by atoms with van der Waals surface area (Å²) in [6, 6.07) is 14.8. The number of halogens is 1. The Labute approximate surface area is 107 Å². The molecule has 0 spiro atoms. The van der Waals surface area contributed by atoms with Gasteiger partial charge in [-0.3, -0.25) is 10.1 Å². The summed E-state index contributed by atoms with van der Waals surface area (Å²) in [5.41, 5.74) is 3.13. The first-order chi connectivity index (χ1) is 8.22. The zero-order valence-corrected chi connectivity index (χ0v) is 10.6. The molecule has 0 aromatic heterocycles. The second kappa shape index (κ2) is 5.10. The van der Waals surface area contributed by atoms with E-state index in [9.17, 15) is 10.1 Å². The maximum absolute atomic E-state index is 10.7. The third-order valence-corrected chi connectivity index (χ3v) is 3.13. The van der Waals surface area contributed by atoms with Crippen molar-refractivity contribution in [1.82, 2.24) is 0 Å². The summed E-state index contributed by atoms with van der Waals surface area (Å²) in [7, 11) is 0. The van der Waals surface area contributed by atoms with Gasteiger partial charge in [-0.05, 0) is 22.8 Å². The first-order valence-electron chi connectivity index (χ1n) is 5.11. The minimum atomic E-state index is -0.374. The molecule has 0 atom stereocenters. The summed E-state index contributed by atoms with van der Waals surface area (Å²) < 4.78 is 0. The summed E-state index contributed by atoms with van der Waals surface area (Å²) >= 11 is 3.37. The van der Waals surface area contributed by atoms with E-state index in [2.05, 4.69) is 15.9 Å². The molecule has 0 fully saturated rings. The van der Waals surface area contributed by atoms with Gasteiger partial charge in [-0.1, -0.05) is 46.3 Å². The van der Waals surface area contributed by atoms with E-state index < -0.39 is 0 Å². The average Bonchev–Trinajstić information content (AvgIpc) is 2.39. The Kier molecular flexibility index (Phi) is 3.54. The van der Waals surface area contributed by atoms with E-state index >= 15 is 0 Å². The molecule has 0 radical (unpaired) electrons. The van der Waals surface area contributed by atoms with Crippen LogP contribution in [0.4, 0.5) is 5.69 Å². The molecule has 0 N–H and O–H groups in total. The van der Waals surface area contributed by atoms with Crippen molar-refractivity contribution in [2.75, 3.05) is 0 Å². The Morgan fingerprint density at radius 3 is 2.41 bits per heavy atom. The van der Waals surface area contributed by atoms with E-state index in [-0.39, 0.29) is 10.6 Å². The van der Waals surface area contributed by atoms with Crippen molar-refractivity contribution in [2.45, 2.75) is 5.33 Å². The lowest BCUT2D eigenvalue weighted by Gasteiger charge is -2.07. The van der Waals surface area contributed by atoms with Crippen molar-refractivity contribution in [3.8, 4) is 11.1 Å². The third-order valence-electron chi connectivity index (χ3n) is 2.53. The Hall–Kier alpha value is -1.68. The second-order valence-corrected chi connectivity index (χ2v) is 4.16. The quantitative estimate of drug-likeness (QED) is 0.484. The number of nitro groups is 1. The standard InChI is InChI=1S/C13H10BrNO2/c14-9-11-8-12(15(16)17)6-7-13(11)10-4-2-1-3-5-10/h1-8H,9H2.